The highest BCUT2D eigenvalue weighted by atomic mass is 32.1. The molecule has 0 aliphatic carbocycles. The van der Waals surface area contributed by atoms with Crippen LogP contribution in [-0.2, 0) is 16.0 Å². The van der Waals surface area contributed by atoms with Gasteiger partial charge in [0.15, 0.2) is 16.6 Å². The van der Waals surface area contributed by atoms with Gasteiger partial charge in [0.1, 0.15) is 17.6 Å². The van der Waals surface area contributed by atoms with E-state index in [1.165, 1.54) is 30.5 Å². The molecule has 3 heterocycles. The number of benzene rings is 3. The molecule has 0 spiro atoms. The Morgan fingerprint density at radius 3 is 2.62 bits per heavy atom. The molecule has 2 unspecified atom stereocenters. The lowest BCUT2D eigenvalue weighted by atomic mass is 9.94. The Labute approximate surface area is 229 Å². The maximum Gasteiger partial charge on any atom is 0.301 e. The zero-order chi connectivity index (χ0) is 27.4. The Balaban J connectivity index is 1.55. The highest BCUT2D eigenvalue weighted by Gasteiger charge is 2.48. The molecule has 4 aromatic rings. The van der Waals surface area contributed by atoms with Crippen LogP contribution in [0.5, 0.6) is 17.2 Å². The minimum atomic E-state index is -0.935. The summed E-state index contributed by atoms with van der Waals surface area (Å²) in [6.07, 6.45) is 0.715. The van der Waals surface area contributed by atoms with Crippen molar-refractivity contribution in [2.45, 2.75) is 32.4 Å². The van der Waals surface area contributed by atoms with Crippen LogP contribution in [0.3, 0.4) is 0 Å². The van der Waals surface area contributed by atoms with Gasteiger partial charge < -0.3 is 19.3 Å². The molecule has 2 aliphatic heterocycles. The van der Waals surface area contributed by atoms with E-state index in [9.17, 15) is 14.7 Å². The number of Topliss-reactive ketones (excluding diaryl/α,β-unsaturated/α-hetero) is 1. The number of thiazole rings is 1. The quantitative estimate of drug-likeness (QED) is 0.200. The zero-order valence-corrected chi connectivity index (χ0v) is 22.7. The smallest absolute Gasteiger partial charge is 0.301 e. The molecular weight excluding hydrogens is 516 g/mol. The van der Waals surface area contributed by atoms with Crippen LogP contribution in [0, 0.1) is 6.92 Å². The van der Waals surface area contributed by atoms with E-state index in [0.717, 1.165) is 27.1 Å². The number of aryl methyl sites for hydroxylation is 1. The summed E-state index contributed by atoms with van der Waals surface area (Å²) in [5.74, 6) is -0.112. The SMILES string of the molecule is COc1ccc(C2C(=C(O)c3ccc4c(c3)CC(C)O4)C(=O)C(=O)N2c2nc3ccc(C)cc3s2)cc1OC. The van der Waals surface area contributed by atoms with E-state index >= 15 is 0 Å². The van der Waals surface area contributed by atoms with Crippen LogP contribution in [-0.4, -0.2) is 42.1 Å². The fraction of sp³-hybridized carbons (Fsp3) is 0.233. The number of aliphatic hydroxyl groups excluding tert-OH is 1. The average molecular weight is 543 g/mol. The highest BCUT2D eigenvalue weighted by Crippen LogP contribution is 2.46. The largest absolute Gasteiger partial charge is 0.507 e. The normalized spacial score (nSPS) is 19.8. The predicted molar refractivity (Wildman–Crippen MR) is 149 cm³/mol. The molecule has 1 aromatic heterocycles. The second-order valence-corrected chi connectivity index (χ2v) is 10.7. The minimum Gasteiger partial charge on any atom is -0.507 e. The molecule has 39 heavy (non-hydrogen) atoms. The van der Waals surface area contributed by atoms with E-state index < -0.39 is 17.7 Å². The van der Waals surface area contributed by atoms with Crippen molar-refractivity contribution in [1.82, 2.24) is 4.98 Å². The van der Waals surface area contributed by atoms with Crippen molar-refractivity contribution in [3.8, 4) is 17.2 Å². The first-order valence-corrected chi connectivity index (χ1v) is 13.3. The third-order valence-electron chi connectivity index (χ3n) is 7.08. The van der Waals surface area contributed by atoms with Gasteiger partial charge in [-0.1, -0.05) is 23.5 Å². The standard InChI is InChI=1S/C30H26N2O6S/c1-15-5-8-20-24(11-15)39-30(31-20)32-26(17-6-10-22(36-3)23(14-17)37-4)25(28(34)29(32)35)27(33)18-7-9-21-19(13-18)12-16(2)38-21/h5-11,13-14,16,26,33H,12H2,1-4H3. The van der Waals surface area contributed by atoms with Gasteiger partial charge in [-0.05, 0) is 73.0 Å². The van der Waals surface area contributed by atoms with Crippen molar-refractivity contribution >= 4 is 44.1 Å². The summed E-state index contributed by atoms with van der Waals surface area (Å²) in [4.78, 5) is 33.3. The molecule has 0 radical (unpaired) electrons. The van der Waals surface area contributed by atoms with Crippen LogP contribution in [0.1, 0.15) is 35.2 Å². The van der Waals surface area contributed by atoms with Crippen LogP contribution in [0.4, 0.5) is 5.13 Å². The number of aliphatic hydroxyl groups is 1. The number of anilines is 1. The number of ether oxygens (including phenoxy) is 3. The van der Waals surface area contributed by atoms with Crippen molar-refractivity contribution in [2.24, 2.45) is 0 Å². The minimum absolute atomic E-state index is 0.0189. The third kappa shape index (κ3) is 4.10. The van der Waals surface area contributed by atoms with Gasteiger partial charge in [-0.2, -0.15) is 0 Å². The van der Waals surface area contributed by atoms with Crippen LogP contribution in [0.2, 0.25) is 0 Å². The number of ketones is 1. The lowest BCUT2D eigenvalue weighted by molar-refractivity contribution is -0.132. The Hall–Kier alpha value is -4.37. The first-order chi connectivity index (χ1) is 18.8. The maximum absolute atomic E-state index is 13.6. The molecule has 1 fully saturated rings. The van der Waals surface area contributed by atoms with Gasteiger partial charge in [0.2, 0.25) is 0 Å². The van der Waals surface area contributed by atoms with Gasteiger partial charge in [-0.3, -0.25) is 14.5 Å². The molecule has 1 N–H and O–H groups in total. The average Bonchev–Trinajstić information content (AvgIpc) is 3.59. The summed E-state index contributed by atoms with van der Waals surface area (Å²) in [5.41, 5.74) is 3.71. The molecule has 8 nitrogen and oxygen atoms in total. The summed E-state index contributed by atoms with van der Waals surface area (Å²) >= 11 is 1.32. The number of hydrogen-bond donors (Lipinski definition) is 1. The van der Waals surface area contributed by atoms with Crippen LogP contribution in [0.25, 0.3) is 16.0 Å². The second kappa shape index (κ2) is 9.43. The second-order valence-electron chi connectivity index (χ2n) is 9.71. The molecule has 0 bridgehead atoms. The third-order valence-corrected chi connectivity index (χ3v) is 8.09. The molecule has 2 aliphatic rings. The molecular formula is C30H26N2O6S. The summed E-state index contributed by atoms with van der Waals surface area (Å²) in [7, 11) is 3.05. The fourth-order valence-corrected chi connectivity index (χ4v) is 6.31. The van der Waals surface area contributed by atoms with Crippen molar-refractivity contribution < 1.29 is 28.9 Å². The maximum atomic E-state index is 13.6. The van der Waals surface area contributed by atoms with Crippen molar-refractivity contribution in [1.29, 1.82) is 0 Å². The Morgan fingerprint density at radius 2 is 1.85 bits per heavy atom. The van der Waals surface area contributed by atoms with Gasteiger partial charge in [0.05, 0.1) is 36.1 Å². The van der Waals surface area contributed by atoms with Gasteiger partial charge in [0, 0.05) is 12.0 Å². The number of amides is 1. The van der Waals surface area contributed by atoms with Crippen molar-refractivity contribution in [2.75, 3.05) is 19.1 Å². The van der Waals surface area contributed by atoms with Gasteiger partial charge in [-0.25, -0.2) is 4.98 Å². The summed E-state index contributed by atoms with van der Waals surface area (Å²) in [5, 5.41) is 11.9. The Morgan fingerprint density at radius 1 is 1.05 bits per heavy atom. The molecule has 198 valence electrons. The molecule has 2 atom stereocenters. The van der Waals surface area contributed by atoms with E-state index in [4.69, 9.17) is 14.2 Å². The summed E-state index contributed by atoms with van der Waals surface area (Å²) in [6.45, 7) is 3.96. The number of carbonyl (C=O) groups is 2. The first kappa shape index (κ1) is 24.9. The highest BCUT2D eigenvalue weighted by molar-refractivity contribution is 7.22. The van der Waals surface area contributed by atoms with Crippen molar-refractivity contribution in [3.63, 3.8) is 0 Å². The lowest BCUT2D eigenvalue weighted by Gasteiger charge is -2.23. The molecule has 1 amide bonds. The fourth-order valence-electron chi connectivity index (χ4n) is 5.22. The Kier molecular flexibility index (Phi) is 6.03. The summed E-state index contributed by atoms with van der Waals surface area (Å²) in [6, 6.07) is 15.4. The zero-order valence-electron chi connectivity index (χ0n) is 21.8. The number of nitrogens with zero attached hydrogens (tertiary/aromatic N) is 2. The number of rotatable bonds is 5. The van der Waals surface area contributed by atoms with Gasteiger partial charge in [-0.15, -0.1) is 0 Å². The molecule has 6 rings (SSSR count). The monoisotopic (exact) mass is 542 g/mol. The molecule has 3 aromatic carbocycles. The number of fused-ring (bicyclic) bond motifs is 2. The van der Waals surface area contributed by atoms with E-state index in [0.29, 0.717) is 34.2 Å². The van der Waals surface area contributed by atoms with E-state index in [1.807, 2.05) is 38.1 Å². The number of carbonyl (C=O) groups excluding carboxylic acids is 2. The van der Waals surface area contributed by atoms with Crippen LogP contribution >= 0.6 is 11.3 Å². The molecule has 9 heteroatoms. The number of hydrogen-bond acceptors (Lipinski definition) is 8. The van der Waals surface area contributed by atoms with Crippen molar-refractivity contribution in [3.05, 3.63) is 82.4 Å². The van der Waals surface area contributed by atoms with Crippen LogP contribution in [0.15, 0.2) is 60.2 Å². The van der Waals surface area contributed by atoms with Crippen LogP contribution < -0.4 is 19.1 Å². The van der Waals surface area contributed by atoms with Gasteiger partial charge in [0.25, 0.3) is 5.78 Å². The number of aromatic nitrogens is 1. The van der Waals surface area contributed by atoms with Gasteiger partial charge >= 0.3 is 5.91 Å². The Bertz CT molecular complexity index is 1690. The first-order valence-electron chi connectivity index (χ1n) is 12.5. The topological polar surface area (TPSA) is 98.2 Å². The molecule has 0 saturated carbocycles. The van der Waals surface area contributed by atoms with E-state index in [-0.39, 0.29) is 17.4 Å². The number of methoxy groups -OCH3 is 2. The lowest BCUT2D eigenvalue weighted by Crippen LogP contribution is -2.29. The summed E-state index contributed by atoms with van der Waals surface area (Å²) < 4.78 is 17.6. The van der Waals surface area contributed by atoms with E-state index in [2.05, 4.69) is 4.98 Å². The van der Waals surface area contributed by atoms with E-state index in [1.54, 1.807) is 30.3 Å². The predicted octanol–water partition coefficient (Wildman–Crippen LogP) is 5.57. The molecule has 1 saturated heterocycles.